The molecule has 3 rings (SSSR count). The highest BCUT2D eigenvalue weighted by Gasteiger charge is 2.28. The predicted molar refractivity (Wildman–Crippen MR) is 97.7 cm³/mol. The van der Waals surface area contributed by atoms with E-state index in [2.05, 4.69) is 0 Å². The van der Waals surface area contributed by atoms with Gasteiger partial charge < -0.3 is 9.64 Å². The van der Waals surface area contributed by atoms with Crippen LogP contribution in [0.2, 0.25) is 0 Å². The SMILES string of the molecule is O=C(c1ccc(S(=O)(=O)C(F)F)cc1)N(Cc1cccs1)C[C@@H]1CCCO1. The molecule has 0 spiro atoms. The summed E-state index contributed by atoms with van der Waals surface area (Å²) >= 11 is 1.53. The van der Waals surface area contributed by atoms with E-state index in [0.29, 0.717) is 19.7 Å². The van der Waals surface area contributed by atoms with Crippen molar-refractivity contribution in [3.05, 3.63) is 52.2 Å². The van der Waals surface area contributed by atoms with Crippen molar-refractivity contribution >= 4 is 27.1 Å². The van der Waals surface area contributed by atoms with E-state index < -0.39 is 20.5 Å². The summed E-state index contributed by atoms with van der Waals surface area (Å²) in [6.07, 6.45) is 1.79. The highest BCUT2D eigenvalue weighted by atomic mass is 32.2. The number of ether oxygens (including phenoxy) is 1. The number of amides is 1. The van der Waals surface area contributed by atoms with Crippen LogP contribution in [-0.4, -0.2) is 44.2 Å². The van der Waals surface area contributed by atoms with E-state index >= 15 is 0 Å². The lowest BCUT2D eigenvalue weighted by atomic mass is 10.1. The van der Waals surface area contributed by atoms with Gasteiger partial charge in [0, 0.05) is 23.6 Å². The molecular formula is C18H19F2NO4S2. The van der Waals surface area contributed by atoms with Gasteiger partial charge in [0.1, 0.15) is 0 Å². The standard InChI is InChI=1S/C18H19F2NO4S2/c19-18(20)27(23,24)16-7-5-13(6-8-16)17(22)21(11-14-3-1-9-25-14)12-15-4-2-10-26-15/h2,4-8,10,14,18H,1,3,9,11-12H2/t14-/m0/s1. The Labute approximate surface area is 160 Å². The van der Waals surface area contributed by atoms with Crippen LogP contribution >= 0.6 is 11.3 Å². The van der Waals surface area contributed by atoms with Gasteiger partial charge in [0.2, 0.25) is 9.84 Å². The summed E-state index contributed by atoms with van der Waals surface area (Å²) in [5.41, 5.74) is 0.248. The first kappa shape index (κ1) is 19.9. The molecule has 2 heterocycles. The minimum Gasteiger partial charge on any atom is -0.376 e. The maximum Gasteiger partial charge on any atom is 0.341 e. The fourth-order valence-electron chi connectivity index (χ4n) is 2.92. The third-order valence-electron chi connectivity index (χ3n) is 4.33. The number of benzene rings is 1. The molecule has 1 aliphatic heterocycles. The van der Waals surface area contributed by atoms with Crippen LogP contribution in [-0.2, 0) is 21.1 Å². The molecule has 0 bridgehead atoms. The number of thiophene rings is 1. The molecule has 1 atom stereocenters. The topological polar surface area (TPSA) is 63.7 Å². The second-order valence-electron chi connectivity index (χ2n) is 6.23. The van der Waals surface area contributed by atoms with Crippen molar-refractivity contribution in [2.75, 3.05) is 13.2 Å². The van der Waals surface area contributed by atoms with Gasteiger partial charge in [0.05, 0.1) is 17.5 Å². The quantitative estimate of drug-likeness (QED) is 0.694. The van der Waals surface area contributed by atoms with Crippen LogP contribution < -0.4 is 0 Å². The monoisotopic (exact) mass is 415 g/mol. The van der Waals surface area contributed by atoms with Gasteiger partial charge in [-0.15, -0.1) is 11.3 Å². The number of carbonyl (C=O) groups excluding carboxylic acids is 1. The highest BCUT2D eigenvalue weighted by molar-refractivity contribution is 7.91. The van der Waals surface area contributed by atoms with E-state index in [-0.39, 0.29) is 17.6 Å². The minimum absolute atomic E-state index is 0.0348. The number of carbonyl (C=O) groups is 1. The second kappa shape index (κ2) is 8.45. The van der Waals surface area contributed by atoms with Crippen LogP contribution in [0.3, 0.4) is 0 Å². The lowest BCUT2D eigenvalue weighted by molar-refractivity contribution is 0.0509. The fourth-order valence-corrected chi connectivity index (χ4v) is 4.36. The average molecular weight is 415 g/mol. The van der Waals surface area contributed by atoms with Crippen LogP contribution in [0.5, 0.6) is 0 Å². The number of rotatable bonds is 7. The molecule has 0 unspecified atom stereocenters. The third kappa shape index (κ3) is 4.72. The number of alkyl halides is 2. The lowest BCUT2D eigenvalue weighted by Crippen LogP contribution is -2.36. The molecule has 5 nitrogen and oxygen atoms in total. The van der Waals surface area contributed by atoms with Gasteiger partial charge in [-0.1, -0.05) is 6.07 Å². The summed E-state index contributed by atoms with van der Waals surface area (Å²) in [7, 11) is -4.68. The van der Waals surface area contributed by atoms with E-state index in [1.54, 1.807) is 4.90 Å². The largest absolute Gasteiger partial charge is 0.376 e. The van der Waals surface area contributed by atoms with E-state index in [0.717, 1.165) is 29.9 Å². The number of hydrogen-bond acceptors (Lipinski definition) is 5. The molecule has 146 valence electrons. The molecule has 0 radical (unpaired) electrons. The molecule has 2 aromatic rings. The molecule has 1 fully saturated rings. The molecule has 0 N–H and O–H groups in total. The molecule has 1 aliphatic rings. The van der Waals surface area contributed by atoms with Crippen LogP contribution in [0.25, 0.3) is 0 Å². The smallest absolute Gasteiger partial charge is 0.341 e. The Morgan fingerprint density at radius 1 is 1.26 bits per heavy atom. The van der Waals surface area contributed by atoms with E-state index in [4.69, 9.17) is 4.74 Å². The van der Waals surface area contributed by atoms with Crippen molar-refractivity contribution in [3.8, 4) is 0 Å². The Balaban J connectivity index is 1.80. The van der Waals surface area contributed by atoms with Gasteiger partial charge in [0.25, 0.3) is 5.91 Å². The normalized spacial score (nSPS) is 17.4. The molecular weight excluding hydrogens is 396 g/mol. The molecule has 1 aromatic carbocycles. The van der Waals surface area contributed by atoms with Crippen molar-refractivity contribution in [2.24, 2.45) is 0 Å². The van der Waals surface area contributed by atoms with E-state index in [1.165, 1.54) is 23.5 Å². The van der Waals surface area contributed by atoms with Crippen LogP contribution in [0.1, 0.15) is 28.1 Å². The number of halogens is 2. The van der Waals surface area contributed by atoms with Crippen molar-refractivity contribution < 1.29 is 26.7 Å². The highest BCUT2D eigenvalue weighted by Crippen LogP contribution is 2.22. The van der Waals surface area contributed by atoms with Gasteiger partial charge in [-0.05, 0) is 48.6 Å². The summed E-state index contributed by atoms with van der Waals surface area (Å²) < 4.78 is 54.0. The lowest BCUT2D eigenvalue weighted by Gasteiger charge is -2.25. The first-order valence-electron chi connectivity index (χ1n) is 8.43. The summed E-state index contributed by atoms with van der Waals surface area (Å²) in [4.78, 5) is 15.1. The maximum atomic E-state index is 12.9. The zero-order valence-electron chi connectivity index (χ0n) is 14.4. The first-order chi connectivity index (χ1) is 12.9. The molecule has 1 amide bonds. The fraction of sp³-hybridized carbons (Fsp3) is 0.389. The van der Waals surface area contributed by atoms with Crippen molar-refractivity contribution in [3.63, 3.8) is 0 Å². The minimum atomic E-state index is -4.68. The zero-order chi connectivity index (χ0) is 19.4. The number of sulfone groups is 1. The van der Waals surface area contributed by atoms with E-state index in [1.807, 2.05) is 17.5 Å². The predicted octanol–water partition coefficient (Wildman–Crippen LogP) is 3.57. The van der Waals surface area contributed by atoms with E-state index in [9.17, 15) is 22.0 Å². The number of nitrogens with zero attached hydrogens (tertiary/aromatic N) is 1. The second-order valence-corrected chi connectivity index (χ2v) is 9.18. The Morgan fingerprint density at radius 2 is 2.00 bits per heavy atom. The summed E-state index contributed by atoms with van der Waals surface area (Å²) in [6.45, 7) is 1.51. The van der Waals surface area contributed by atoms with Crippen molar-refractivity contribution in [1.29, 1.82) is 0 Å². The van der Waals surface area contributed by atoms with Gasteiger partial charge in [-0.2, -0.15) is 8.78 Å². The summed E-state index contributed by atoms with van der Waals surface area (Å²) in [5.74, 6) is -3.78. The van der Waals surface area contributed by atoms with Gasteiger partial charge in [0.15, 0.2) is 0 Å². The zero-order valence-corrected chi connectivity index (χ0v) is 16.0. The van der Waals surface area contributed by atoms with Gasteiger partial charge >= 0.3 is 5.76 Å². The van der Waals surface area contributed by atoms with Crippen LogP contribution in [0.15, 0.2) is 46.7 Å². The van der Waals surface area contributed by atoms with Crippen LogP contribution in [0.4, 0.5) is 8.78 Å². The summed E-state index contributed by atoms with van der Waals surface area (Å²) in [6, 6.07) is 8.47. The number of hydrogen-bond donors (Lipinski definition) is 0. The third-order valence-corrected chi connectivity index (χ3v) is 6.59. The molecule has 1 aromatic heterocycles. The Hall–Kier alpha value is -1.84. The molecule has 0 saturated carbocycles. The average Bonchev–Trinajstić information content (AvgIpc) is 3.34. The Morgan fingerprint density at radius 3 is 2.56 bits per heavy atom. The first-order valence-corrected chi connectivity index (χ1v) is 10.9. The molecule has 27 heavy (non-hydrogen) atoms. The van der Waals surface area contributed by atoms with Crippen LogP contribution in [0, 0.1) is 0 Å². The Bertz CT molecular complexity index is 861. The molecule has 9 heteroatoms. The molecule has 1 saturated heterocycles. The Kier molecular flexibility index (Phi) is 6.23. The van der Waals surface area contributed by atoms with Crippen molar-refractivity contribution in [1.82, 2.24) is 4.90 Å². The van der Waals surface area contributed by atoms with Crippen molar-refractivity contribution in [2.45, 2.75) is 36.1 Å². The summed E-state index contributed by atoms with van der Waals surface area (Å²) in [5, 5.41) is 1.92. The van der Waals surface area contributed by atoms with Gasteiger partial charge in [-0.3, -0.25) is 4.79 Å². The van der Waals surface area contributed by atoms with Gasteiger partial charge in [-0.25, -0.2) is 8.42 Å². The maximum absolute atomic E-state index is 12.9. The molecule has 0 aliphatic carbocycles.